The molecule has 0 spiro atoms. The number of hydrogen-bond acceptors (Lipinski definition) is 5. The van der Waals surface area contributed by atoms with Gasteiger partial charge in [0, 0.05) is 28.9 Å². The van der Waals surface area contributed by atoms with E-state index in [0.717, 1.165) is 36.5 Å². The average Bonchev–Trinajstić information content (AvgIpc) is 2.68. The minimum absolute atomic E-state index is 0.173. The molecule has 7 heteroatoms. The highest BCUT2D eigenvalue weighted by molar-refractivity contribution is 9.10. The van der Waals surface area contributed by atoms with E-state index in [1.165, 1.54) is 0 Å². The number of hydrogen-bond donors (Lipinski definition) is 1. The van der Waals surface area contributed by atoms with Gasteiger partial charge in [-0.05, 0) is 42.5 Å². The van der Waals surface area contributed by atoms with Crippen molar-refractivity contribution >= 4 is 39.5 Å². The summed E-state index contributed by atoms with van der Waals surface area (Å²) in [4.78, 5) is 25.4. The van der Waals surface area contributed by atoms with E-state index in [1.54, 1.807) is 18.2 Å². The molecule has 136 valence electrons. The standard InChI is InChI=1S/C19H19BrN2O4/c20-15-1-6-18(14(11-15)12-23)26-13-19(24)21-16-2-4-17(5-3-16)22-7-9-25-10-8-22/h1-6,11-12H,7-10,13H2,(H,21,24). The van der Waals surface area contributed by atoms with E-state index < -0.39 is 0 Å². The van der Waals surface area contributed by atoms with Gasteiger partial charge in [-0.15, -0.1) is 0 Å². The Bertz CT molecular complexity index is 774. The van der Waals surface area contributed by atoms with Gasteiger partial charge in [0.1, 0.15) is 5.75 Å². The van der Waals surface area contributed by atoms with Crippen LogP contribution in [0.15, 0.2) is 46.9 Å². The summed E-state index contributed by atoms with van der Waals surface area (Å²) in [6.45, 7) is 3.02. The summed E-state index contributed by atoms with van der Waals surface area (Å²) in [5.41, 5.74) is 2.19. The third-order valence-corrected chi connectivity index (χ3v) is 4.48. The van der Waals surface area contributed by atoms with E-state index >= 15 is 0 Å². The van der Waals surface area contributed by atoms with E-state index in [9.17, 15) is 9.59 Å². The fourth-order valence-corrected chi connectivity index (χ4v) is 3.04. The Kier molecular flexibility index (Phi) is 6.25. The third kappa shape index (κ3) is 4.83. The molecule has 1 saturated heterocycles. The first kappa shape index (κ1) is 18.4. The molecule has 0 atom stereocenters. The number of nitrogens with one attached hydrogen (secondary N) is 1. The average molecular weight is 419 g/mol. The van der Waals surface area contributed by atoms with Crippen LogP contribution in [0.25, 0.3) is 0 Å². The molecule has 0 aliphatic carbocycles. The van der Waals surface area contributed by atoms with Crippen LogP contribution in [0.4, 0.5) is 11.4 Å². The molecule has 0 aromatic heterocycles. The lowest BCUT2D eigenvalue weighted by atomic mass is 10.2. The molecule has 2 aromatic carbocycles. The number of ether oxygens (including phenoxy) is 2. The SMILES string of the molecule is O=Cc1cc(Br)ccc1OCC(=O)Nc1ccc(N2CCOCC2)cc1. The summed E-state index contributed by atoms with van der Waals surface area (Å²) in [5.74, 6) is 0.0879. The van der Waals surface area contributed by atoms with Gasteiger partial charge >= 0.3 is 0 Å². The number of carbonyl (C=O) groups excluding carboxylic acids is 2. The van der Waals surface area contributed by atoms with Crippen molar-refractivity contribution in [2.45, 2.75) is 0 Å². The van der Waals surface area contributed by atoms with E-state index in [4.69, 9.17) is 9.47 Å². The topological polar surface area (TPSA) is 67.9 Å². The van der Waals surface area contributed by atoms with Gasteiger partial charge in [0.15, 0.2) is 12.9 Å². The summed E-state index contributed by atoms with van der Waals surface area (Å²) >= 11 is 3.29. The van der Waals surface area contributed by atoms with Gasteiger partial charge in [-0.1, -0.05) is 15.9 Å². The molecule has 3 rings (SSSR count). The summed E-state index contributed by atoms with van der Waals surface area (Å²) in [5, 5.41) is 2.79. The van der Waals surface area contributed by atoms with Crippen LogP contribution in [0.3, 0.4) is 0 Å². The van der Waals surface area contributed by atoms with Crippen molar-refractivity contribution in [1.82, 2.24) is 0 Å². The van der Waals surface area contributed by atoms with Crippen LogP contribution in [0.1, 0.15) is 10.4 Å². The van der Waals surface area contributed by atoms with Gasteiger partial charge in [0.2, 0.25) is 0 Å². The maximum atomic E-state index is 12.1. The Balaban J connectivity index is 1.54. The summed E-state index contributed by atoms with van der Waals surface area (Å²) in [7, 11) is 0. The van der Waals surface area contributed by atoms with Crippen LogP contribution in [0.5, 0.6) is 5.75 Å². The first-order chi connectivity index (χ1) is 12.7. The Morgan fingerprint density at radius 1 is 1.19 bits per heavy atom. The maximum absolute atomic E-state index is 12.1. The first-order valence-corrected chi connectivity index (χ1v) is 9.05. The number of rotatable bonds is 6. The highest BCUT2D eigenvalue weighted by Gasteiger charge is 2.12. The Morgan fingerprint density at radius 3 is 2.62 bits per heavy atom. The van der Waals surface area contributed by atoms with Crippen molar-refractivity contribution in [3.63, 3.8) is 0 Å². The molecule has 1 fully saturated rings. The molecule has 1 N–H and O–H groups in total. The molecule has 0 unspecified atom stereocenters. The minimum Gasteiger partial charge on any atom is -0.483 e. The third-order valence-electron chi connectivity index (χ3n) is 3.98. The van der Waals surface area contributed by atoms with Crippen molar-refractivity contribution in [3.05, 3.63) is 52.5 Å². The molecule has 1 amide bonds. The second-order valence-electron chi connectivity index (χ2n) is 5.78. The monoisotopic (exact) mass is 418 g/mol. The van der Waals surface area contributed by atoms with E-state index in [0.29, 0.717) is 23.3 Å². The number of halogens is 1. The van der Waals surface area contributed by atoms with Crippen molar-refractivity contribution in [3.8, 4) is 5.75 Å². The van der Waals surface area contributed by atoms with Gasteiger partial charge < -0.3 is 19.7 Å². The zero-order chi connectivity index (χ0) is 18.4. The molecule has 26 heavy (non-hydrogen) atoms. The van der Waals surface area contributed by atoms with Crippen LogP contribution in [0, 0.1) is 0 Å². The lowest BCUT2D eigenvalue weighted by molar-refractivity contribution is -0.118. The number of nitrogens with zero attached hydrogens (tertiary/aromatic N) is 1. The molecule has 1 aliphatic rings. The van der Waals surface area contributed by atoms with Crippen LogP contribution in [-0.2, 0) is 9.53 Å². The normalized spacial score (nSPS) is 14.0. The Labute approximate surface area is 160 Å². The van der Waals surface area contributed by atoms with Crippen LogP contribution in [0.2, 0.25) is 0 Å². The van der Waals surface area contributed by atoms with Gasteiger partial charge in [-0.3, -0.25) is 9.59 Å². The highest BCUT2D eigenvalue weighted by atomic mass is 79.9. The molecule has 0 radical (unpaired) electrons. The van der Waals surface area contributed by atoms with Gasteiger partial charge in [0.25, 0.3) is 5.91 Å². The van der Waals surface area contributed by atoms with Crippen molar-refractivity contribution in [2.24, 2.45) is 0 Å². The van der Waals surface area contributed by atoms with Crippen molar-refractivity contribution in [1.29, 1.82) is 0 Å². The zero-order valence-electron chi connectivity index (χ0n) is 14.1. The highest BCUT2D eigenvalue weighted by Crippen LogP contribution is 2.22. The number of benzene rings is 2. The van der Waals surface area contributed by atoms with Crippen LogP contribution in [-0.4, -0.2) is 45.1 Å². The maximum Gasteiger partial charge on any atom is 0.262 e. The number of aldehydes is 1. The number of amides is 1. The fourth-order valence-electron chi connectivity index (χ4n) is 2.66. The summed E-state index contributed by atoms with van der Waals surface area (Å²) < 4.78 is 11.6. The van der Waals surface area contributed by atoms with Crippen LogP contribution < -0.4 is 15.0 Å². The van der Waals surface area contributed by atoms with Crippen molar-refractivity contribution in [2.75, 3.05) is 43.1 Å². The number of morpholine rings is 1. The molecule has 0 bridgehead atoms. The molecule has 1 heterocycles. The zero-order valence-corrected chi connectivity index (χ0v) is 15.7. The van der Waals surface area contributed by atoms with Crippen LogP contribution >= 0.6 is 15.9 Å². The van der Waals surface area contributed by atoms with Gasteiger partial charge in [-0.2, -0.15) is 0 Å². The summed E-state index contributed by atoms with van der Waals surface area (Å²) in [6.07, 6.45) is 0.697. The molecule has 1 aliphatic heterocycles. The largest absolute Gasteiger partial charge is 0.483 e. The molecule has 2 aromatic rings. The van der Waals surface area contributed by atoms with Gasteiger partial charge in [-0.25, -0.2) is 0 Å². The second-order valence-corrected chi connectivity index (χ2v) is 6.70. The summed E-state index contributed by atoms with van der Waals surface area (Å²) in [6, 6.07) is 12.7. The second kappa shape index (κ2) is 8.82. The predicted octanol–water partition coefficient (Wildman–Crippen LogP) is 3.12. The lowest BCUT2D eigenvalue weighted by Gasteiger charge is -2.28. The molecular weight excluding hydrogens is 400 g/mol. The predicted molar refractivity (Wildman–Crippen MR) is 103 cm³/mol. The van der Waals surface area contributed by atoms with E-state index in [-0.39, 0.29) is 12.5 Å². The fraction of sp³-hybridized carbons (Fsp3) is 0.263. The molecule has 0 saturated carbocycles. The smallest absolute Gasteiger partial charge is 0.262 e. The molecular formula is C19H19BrN2O4. The Hall–Kier alpha value is -2.38. The van der Waals surface area contributed by atoms with Gasteiger partial charge in [0.05, 0.1) is 18.8 Å². The number of anilines is 2. The van der Waals surface area contributed by atoms with E-state index in [1.807, 2.05) is 24.3 Å². The molecule has 6 nitrogen and oxygen atoms in total. The van der Waals surface area contributed by atoms with Crippen molar-refractivity contribution < 1.29 is 19.1 Å². The lowest BCUT2D eigenvalue weighted by Crippen LogP contribution is -2.36. The van der Waals surface area contributed by atoms with E-state index in [2.05, 4.69) is 26.1 Å². The first-order valence-electron chi connectivity index (χ1n) is 8.26. The number of carbonyl (C=O) groups is 2. The Morgan fingerprint density at radius 2 is 1.92 bits per heavy atom. The quantitative estimate of drug-likeness (QED) is 0.729. The minimum atomic E-state index is -0.288.